The summed E-state index contributed by atoms with van der Waals surface area (Å²) < 4.78 is 28.0. The summed E-state index contributed by atoms with van der Waals surface area (Å²) in [6, 6.07) is 8.00. The average Bonchev–Trinajstić information content (AvgIpc) is 2.93. The lowest BCUT2D eigenvalue weighted by Crippen LogP contribution is -2.49. The number of aromatic nitrogens is 3. The van der Waals surface area contributed by atoms with Gasteiger partial charge in [-0.1, -0.05) is 0 Å². The molecule has 4 heterocycles. The van der Waals surface area contributed by atoms with Gasteiger partial charge in [0.1, 0.15) is 5.75 Å². The maximum absolute atomic E-state index is 14.0. The first-order valence-electron chi connectivity index (χ1n) is 9.68. The molecule has 2 fully saturated rings. The first kappa shape index (κ1) is 18.2. The molecule has 6 nitrogen and oxygen atoms in total. The lowest BCUT2D eigenvalue weighted by Gasteiger charge is -2.36. The highest BCUT2D eigenvalue weighted by atomic mass is 19.3. The molecule has 2 aromatic heterocycles. The molecule has 0 unspecified atom stereocenters. The number of piperidine rings is 1. The largest absolute Gasteiger partial charge is 0.507 e. The molecule has 0 radical (unpaired) electrons. The van der Waals surface area contributed by atoms with Crippen LogP contribution in [-0.4, -0.2) is 51.4 Å². The second-order valence-corrected chi connectivity index (χ2v) is 7.99. The van der Waals surface area contributed by atoms with E-state index < -0.39 is 12.0 Å². The third-order valence-corrected chi connectivity index (χ3v) is 6.12. The molecule has 2 saturated heterocycles. The number of alkyl halides is 2. The molecular weight excluding hydrogens is 376 g/mol. The van der Waals surface area contributed by atoms with Gasteiger partial charge in [-0.3, -0.25) is 4.98 Å². The Hall–Kier alpha value is -2.87. The molecule has 1 aromatic carbocycles. The van der Waals surface area contributed by atoms with E-state index in [9.17, 15) is 13.9 Å². The van der Waals surface area contributed by atoms with Crippen molar-refractivity contribution in [2.75, 3.05) is 11.9 Å². The summed E-state index contributed by atoms with van der Waals surface area (Å²) in [4.78, 5) is 6.04. The molecule has 2 aliphatic rings. The van der Waals surface area contributed by atoms with Gasteiger partial charge >= 0.3 is 0 Å². The molecule has 8 heteroatoms. The zero-order valence-corrected chi connectivity index (χ0v) is 15.9. The van der Waals surface area contributed by atoms with E-state index in [1.165, 1.54) is 0 Å². The van der Waals surface area contributed by atoms with E-state index in [2.05, 4.69) is 20.5 Å². The number of rotatable bonds is 3. The van der Waals surface area contributed by atoms with Crippen molar-refractivity contribution in [1.82, 2.24) is 20.5 Å². The van der Waals surface area contributed by atoms with Crippen LogP contribution in [0.5, 0.6) is 5.75 Å². The zero-order chi connectivity index (χ0) is 20.2. The summed E-state index contributed by atoms with van der Waals surface area (Å²) in [7, 11) is 1.87. The molecule has 3 atom stereocenters. The molecule has 0 spiro atoms. The molecule has 2 N–H and O–H groups in total. The summed E-state index contributed by atoms with van der Waals surface area (Å²) in [5, 5.41) is 23.8. The van der Waals surface area contributed by atoms with Gasteiger partial charge in [-0.05, 0) is 48.6 Å². The fourth-order valence-electron chi connectivity index (χ4n) is 4.51. The van der Waals surface area contributed by atoms with Crippen molar-refractivity contribution in [3.63, 3.8) is 0 Å². The Bertz CT molecular complexity index is 1060. The Morgan fingerprint density at radius 2 is 2.00 bits per heavy atom. The normalized spacial score (nSPS) is 25.3. The van der Waals surface area contributed by atoms with Crippen molar-refractivity contribution in [3.05, 3.63) is 42.7 Å². The van der Waals surface area contributed by atoms with Crippen molar-refractivity contribution >= 4 is 16.6 Å². The molecule has 5 rings (SSSR count). The van der Waals surface area contributed by atoms with Gasteiger partial charge in [0.05, 0.1) is 11.7 Å². The number of nitrogens with zero attached hydrogens (tertiary/aromatic N) is 4. The van der Waals surface area contributed by atoms with E-state index >= 15 is 0 Å². The SMILES string of the molecule is CN(c1ccc(-c2cc3cnccc3cc2O)nn1)[C@@H]1C[C@@H]2CC(F)(F)[C@H](C1)N2. The van der Waals surface area contributed by atoms with Crippen LogP contribution < -0.4 is 10.2 Å². The third-order valence-electron chi connectivity index (χ3n) is 6.12. The Kier molecular flexibility index (Phi) is 4.13. The number of benzene rings is 1. The molecule has 0 saturated carbocycles. The maximum atomic E-state index is 14.0. The first-order chi connectivity index (χ1) is 13.9. The summed E-state index contributed by atoms with van der Waals surface area (Å²) in [6.45, 7) is 0. The highest BCUT2D eigenvalue weighted by Gasteiger charge is 2.53. The van der Waals surface area contributed by atoms with E-state index in [0.29, 0.717) is 29.9 Å². The van der Waals surface area contributed by atoms with Crippen molar-refractivity contribution in [2.45, 2.75) is 43.3 Å². The fraction of sp³-hybridized carbons (Fsp3) is 0.381. The van der Waals surface area contributed by atoms with Crippen molar-refractivity contribution in [2.24, 2.45) is 0 Å². The third kappa shape index (κ3) is 3.17. The van der Waals surface area contributed by atoms with E-state index in [4.69, 9.17) is 0 Å². The van der Waals surface area contributed by atoms with Crippen LogP contribution in [-0.2, 0) is 0 Å². The minimum absolute atomic E-state index is 0.0140. The average molecular weight is 397 g/mol. The number of anilines is 1. The topological polar surface area (TPSA) is 74.2 Å². The molecule has 0 aliphatic carbocycles. The molecular formula is C21H21F2N5O. The van der Waals surface area contributed by atoms with Gasteiger partial charge in [-0.2, -0.15) is 0 Å². The number of halogens is 2. The Morgan fingerprint density at radius 3 is 2.76 bits per heavy atom. The van der Waals surface area contributed by atoms with Crippen molar-refractivity contribution in [1.29, 1.82) is 0 Å². The predicted octanol–water partition coefficient (Wildman–Crippen LogP) is 3.36. The second-order valence-electron chi connectivity index (χ2n) is 7.99. The number of phenols is 1. The Morgan fingerprint density at radius 1 is 1.14 bits per heavy atom. The predicted molar refractivity (Wildman–Crippen MR) is 106 cm³/mol. The Labute approximate surface area is 166 Å². The van der Waals surface area contributed by atoms with Crippen LogP contribution >= 0.6 is 0 Å². The van der Waals surface area contributed by atoms with Gasteiger partial charge in [0, 0.05) is 48.9 Å². The molecule has 3 aromatic rings. The lowest BCUT2D eigenvalue weighted by atomic mass is 9.98. The summed E-state index contributed by atoms with van der Waals surface area (Å²) >= 11 is 0. The summed E-state index contributed by atoms with van der Waals surface area (Å²) in [5.41, 5.74) is 1.12. The number of hydrogen-bond donors (Lipinski definition) is 2. The molecule has 0 amide bonds. The number of pyridine rings is 1. The van der Waals surface area contributed by atoms with Crippen LogP contribution in [0.15, 0.2) is 42.7 Å². The van der Waals surface area contributed by atoms with Gasteiger partial charge in [0.2, 0.25) is 0 Å². The van der Waals surface area contributed by atoms with Crippen LogP contribution in [0.25, 0.3) is 22.0 Å². The maximum Gasteiger partial charge on any atom is 0.264 e. The first-order valence-corrected chi connectivity index (χ1v) is 9.68. The monoisotopic (exact) mass is 397 g/mol. The van der Waals surface area contributed by atoms with Crippen molar-refractivity contribution < 1.29 is 13.9 Å². The highest BCUT2D eigenvalue weighted by Crippen LogP contribution is 2.41. The Balaban J connectivity index is 1.39. The van der Waals surface area contributed by atoms with Gasteiger partial charge in [-0.15, -0.1) is 10.2 Å². The van der Waals surface area contributed by atoms with E-state index in [-0.39, 0.29) is 24.3 Å². The summed E-state index contributed by atoms with van der Waals surface area (Å²) in [5.74, 6) is -1.89. The minimum Gasteiger partial charge on any atom is -0.507 e. The van der Waals surface area contributed by atoms with Gasteiger partial charge in [0.25, 0.3) is 5.92 Å². The zero-order valence-electron chi connectivity index (χ0n) is 15.9. The van der Waals surface area contributed by atoms with Crippen molar-refractivity contribution in [3.8, 4) is 17.0 Å². The number of nitrogens with one attached hydrogen (secondary N) is 1. The quantitative estimate of drug-likeness (QED) is 0.706. The van der Waals surface area contributed by atoms with Gasteiger partial charge in [-0.25, -0.2) is 8.78 Å². The number of fused-ring (bicyclic) bond motifs is 3. The molecule has 150 valence electrons. The number of aromatic hydroxyl groups is 1. The molecule has 2 bridgehead atoms. The second kappa shape index (κ2) is 6.59. The van der Waals surface area contributed by atoms with Crippen LogP contribution in [0.3, 0.4) is 0 Å². The molecule has 2 aliphatic heterocycles. The highest BCUT2D eigenvalue weighted by molar-refractivity contribution is 5.89. The minimum atomic E-state index is -2.64. The summed E-state index contributed by atoms with van der Waals surface area (Å²) in [6.07, 6.45) is 4.35. The van der Waals surface area contributed by atoms with Crippen LogP contribution in [0, 0.1) is 0 Å². The van der Waals surface area contributed by atoms with Gasteiger partial charge < -0.3 is 15.3 Å². The van der Waals surface area contributed by atoms with E-state index in [1.807, 2.05) is 30.1 Å². The number of phenolic OH excluding ortho intramolecular Hbond substituents is 1. The smallest absolute Gasteiger partial charge is 0.264 e. The van der Waals surface area contributed by atoms with E-state index in [0.717, 1.165) is 10.8 Å². The number of hydrogen-bond acceptors (Lipinski definition) is 6. The van der Waals surface area contributed by atoms with Crippen LogP contribution in [0.2, 0.25) is 0 Å². The lowest BCUT2D eigenvalue weighted by molar-refractivity contribution is -0.0128. The molecule has 29 heavy (non-hydrogen) atoms. The van der Waals surface area contributed by atoms with E-state index in [1.54, 1.807) is 24.5 Å². The fourth-order valence-corrected chi connectivity index (χ4v) is 4.51. The van der Waals surface area contributed by atoms with Gasteiger partial charge in [0.15, 0.2) is 5.82 Å². The van der Waals surface area contributed by atoms with Crippen LogP contribution in [0.4, 0.5) is 14.6 Å². The standard InChI is InChI=1S/C21H21F2N5O/c1-28(15-8-14-10-21(22,23)19(9-15)25-14)20-3-2-17(26-27-20)16-6-13-11-24-5-4-12(13)7-18(16)29/h2-7,11,14-15,19,25,29H,8-10H2,1H3/t14-,15-,19+/m1/s1. The van der Waals surface area contributed by atoms with Crippen LogP contribution in [0.1, 0.15) is 19.3 Å².